The summed E-state index contributed by atoms with van der Waals surface area (Å²) in [5, 5.41) is 3.46. The molecular weight excluding hydrogens is 542 g/mol. The monoisotopic (exact) mass is 571 g/mol. The maximum atomic E-state index is 13.6. The molecule has 0 fully saturated rings. The fourth-order valence-electron chi connectivity index (χ4n) is 3.43. The number of unbranched alkanes of at least 4 members (excludes halogenated alkanes) is 1. The van der Waals surface area contributed by atoms with Crippen LogP contribution in [0.15, 0.2) is 53.0 Å². The Morgan fingerprint density at radius 2 is 1.68 bits per heavy atom. The van der Waals surface area contributed by atoms with Gasteiger partial charge in [-0.15, -0.1) is 0 Å². The normalized spacial score (nSPS) is 12.1. The van der Waals surface area contributed by atoms with Crippen LogP contribution in [0.25, 0.3) is 0 Å². The average molecular weight is 573 g/mol. The minimum Gasteiger partial charge on any atom is -0.354 e. The lowest BCUT2D eigenvalue weighted by Gasteiger charge is -2.33. The number of hydrogen-bond donors (Lipinski definition) is 1. The second kappa shape index (κ2) is 13.1. The highest BCUT2D eigenvalue weighted by molar-refractivity contribution is 9.10. The fourth-order valence-corrected chi connectivity index (χ4v) is 4.67. The van der Waals surface area contributed by atoms with Crippen molar-refractivity contribution in [3.05, 3.63) is 63.6 Å². The zero-order valence-corrected chi connectivity index (χ0v) is 22.8. The Kier molecular flexibility index (Phi) is 10.9. The van der Waals surface area contributed by atoms with E-state index in [4.69, 9.17) is 11.6 Å². The third-order valence-corrected chi connectivity index (χ3v) is 7.20. The maximum Gasteiger partial charge on any atom is 0.244 e. The highest BCUT2D eigenvalue weighted by Crippen LogP contribution is 2.22. The Morgan fingerprint density at radius 3 is 2.21 bits per heavy atom. The molecule has 2 aromatic carbocycles. The minimum absolute atomic E-state index is 0.146. The Hall–Kier alpha value is -2.10. The van der Waals surface area contributed by atoms with Gasteiger partial charge in [-0.3, -0.25) is 13.9 Å². The molecule has 0 radical (unpaired) electrons. The SMILES string of the molecule is CCCCNC(=O)[C@H](CC)N(Cc1ccc(Cl)cc1)C(=O)CN(c1ccc(Br)cc1)S(C)(=O)=O. The van der Waals surface area contributed by atoms with Gasteiger partial charge < -0.3 is 10.2 Å². The molecule has 2 amide bonds. The highest BCUT2D eigenvalue weighted by atomic mass is 79.9. The van der Waals surface area contributed by atoms with Crippen LogP contribution in [0.1, 0.15) is 38.7 Å². The van der Waals surface area contributed by atoms with Crippen molar-refractivity contribution >= 4 is 55.1 Å². The lowest BCUT2D eigenvalue weighted by molar-refractivity contribution is -0.140. The van der Waals surface area contributed by atoms with Crippen LogP contribution < -0.4 is 9.62 Å². The molecule has 186 valence electrons. The van der Waals surface area contributed by atoms with E-state index in [-0.39, 0.29) is 12.5 Å². The van der Waals surface area contributed by atoms with Gasteiger partial charge in [0.1, 0.15) is 12.6 Å². The van der Waals surface area contributed by atoms with Crippen LogP contribution in [-0.4, -0.2) is 50.5 Å². The molecule has 1 atom stereocenters. The molecule has 0 saturated heterocycles. The quantitative estimate of drug-likeness (QED) is 0.377. The van der Waals surface area contributed by atoms with Crippen LogP contribution in [0.4, 0.5) is 5.69 Å². The summed E-state index contributed by atoms with van der Waals surface area (Å²) in [7, 11) is -3.76. The number of nitrogens with zero attached hydrogens (tertiary/aromatic N) is 2. The smallest absolute Gasteiger partial charge is 0.244 e. The van der Waals surface area contributed by atoms with Crippen LogP contribution in [0.3, 0.4) is 0 Å². The van der Waals surface area contributed by atoms with Gasteiger partial charge in [-0.25, -0.2) is 8.42 Å². The molecule has 0 aliphatic rings. The van der Waals surface area contributed by atoms with Crippen LogP contribution in [0.5, 0.6) is 0 Å². The molecule has 10 heteroatoms. The van der Waals surface area contributed by atoms with E-state index < -0.39 is 28.5 Å². The molecule has 0 unspecified atom stereocenters. The molecule has 0 bridgehead atoms. The molecule has 0 aromatic heterocycles. The number of rotatable bonds is 12. The fraction of sp³-hybridized carbons (Fsp3) is 0.417. The van der Waals surface area contributed by atoms with E-state index >= 15 is 0 Å². The molecule has 7 nitrogen and oxygen atoms in total. The van der Waals surface area contributed by atoms with Crippen molar-refractivity contribution in [2.24, 2.45) is 0 Å². The van der Waals surface area contributed by atoms with Crippen molar-refractivity contribution in [3.8, 4) is 0 Å². The third kappa shape index (κ3) is 8.29. The Labute approximate surface area is 215 Å². The summed E-state index contributed by atoms with van der Waals surface area (Å²) >= 11 is 9.33. The number of amides is 2. The lowest BCUT2D eigenvalue weighted by Crippen LogP contribution is -2.52. The summed E-state index contributed by atoms with van der Waals surface area (Å²) in [6.07, 6.45) is 3.20. The number of benzene rings is 2. The largest absolute Gasteiger partial charge is 0.354 e. The van der Waals surface area contributed by atoms with Gasteiger partial charge in [0.15, 0.2) is 0 Å². The lowest BCUT2D eigenvalue weighted by atomic mass is 10.1. The molecule has 0 spiro atoms. The zero-order valence-electron chi connectivity index (χ0n) is 19.6. The molecule has 2 rings (SSSR count). The summed E-state index contributed by atoms with van der Waals surface area (Å²) in [6.45, 7) is 4.10. The number of sulfonamides is 1. The Bertz CT molecular complexity index is 1060. The Morgan fingerprint density at radius 1 is 1.06 bits per heavy atom. The van der Waals surface area contributed by atoms with Gasteiger partial charge in [-0.2, -0.15) is 0 Å². The first-order chi connectivity index (χ1) is 16.1. The second-order valence-electron chi connectivity index (χ2n) is 7.96. The first-order valence-electron chi connectivity index (χ1n) is 11.1. The minimum atomic E-state index is -3.76. The van der Waals surface area contributed by atoms with Crippen LogP contribution in [-0.2, 0) is 26.2 Å². The van der Waals surface area contributed by atoms with E-state index in [9.17, 15) is 18.0 Å². The summed E-state index contributed by atoms with van der Waals surface area (Å²) < 4.78 is 27.0. The van der Waals surface area contributed by atoms with E-state index in [1.165, 1.54) is 4.90 Å². The summed E-state index contributed by atoms with van der Waals surface area (Å²) in [4.78, 5) is 28.0. The second-order valence-corrected chi connectivity index (χ2v) is 11.2. The van der Waals surface area contributed by atoms with E-state index in [0.717, 1.165) is 33.4 Å². The maximum absolute atomic E-state index is 13.6. The van der Waals surface area contributed by atoms with Gasteiger partial charge in [0.2, 0.25) is 21.8 Å². The van der Waals surface area contributed by atoms with Gasteiger partial charge in [-0.05, 0) is 54.8 Å². The molecule has 0 aliphatic carbocycles. The van der Waals surface area contributed by atoms with Gasteiger partial charge in [0.05, 0.1) is 11.9 Å². The predicted octanol–water partition coefficient (Wildman–Crippen LogP) is 4.59. The van der Waals surface area contributed by atoms with E-state index in [1.807, 2.05) is 13.8 Å². The molecule has 0 aliphatic heterocycles. The first-order valence-corrected chi connectivity index (χ1v) is 14.1. The number of carbonyl (C=O) groups is 2. The van der Waals surface area contributed by atoms with E-state index in [2.05, 4.69) is 21.2 Å². The standard InChI is InChI=1S/C24H31BrClN3O4S/c1-4-6-15-27-24(31)22(5-2)28(16-18-7-11-20(26)12-8-18)23(30)17-29(34(3,32)33)21-13-9-19(25)10-14-21/h7-14,22H,4-6,15-17H2,1-3H3,(H,27,31)/t22-/m0/s1. The van der Waals surface area contributed by atoms with Crippen molar-refractivity contribution in [2.45, 2.75) is 45.7 Å². The van der Waals surface area contributed by atoms with Crippen molar-refractivity contribution in [2.75, 3.05) is 23.7 Å². The van der Waals surface area contributed by atoms with Crippen molar-refractivity contribution in [1.29, 1.82) is 0 Å². The molecule has 0 heterocycles. The van der Waals surface area contributed by atoms with Crippen LogP contribution >= 0.6 is 27.5 Å². The highest BCUT2D eigenvalue weighted by Gasteiger charge is 2.31. The number of carbonyl (C=O) groups excluding carboxylic acids is 2. The van der Waals surface area contributed by atoms with Crippen molar-refractivity contribution in [3.63, 3.8) is 0 Å². The van der Waals surface area contributed by atoms with Gasteiger partial charge in [-0.1, -0.05) is 59.9 Å². The van der Waals surface area contributed by atoms with Crippen molar-refractivity contribution in [1.82, 2.24) is 10.2 Å². The molecule has 1 N–H and O–H groups in total. The molecule has 34 heavy (non-hydrogen) atoms. The van der Waals surface area contributed by atoms with Crippen LogP contribution in [0.2, 0.25) is 5.02 Å². The molecular formula is C24H31BrClN3O4S. The number of anilines is 1. The van der Waals surface area contributed by atoms with Gasteiger partial charge in [0.25, 0.3) is 0 Å². The molecule has 0 saturated carbocycles. The predicted molar refractivity (Wildman–Crippen MR) is 140 cm³/mol. The number of hydrogen-bond acceptors (Lipinski definition) is 4. The third-order valence-electron chi connectivity index (χ3n) is 5.28. The average Bonchev–Trinajstić information content (AvgIpc) is 2.78. The molecule has 2 aromatic rings. The number of halogens is 2. The van der Waals surface area contributed by atoms with E-state index in [0.29, 0.717) is 23.7 Å². The number of nitrogens with one attached hydrogen (secondary N) is 1. The topological polar surface area (TPSA) is 86.8 Å². The Balaban J connectivity index is 2.37. The van der Waals surface area contributed by atoms with Gasteiger partial charge >= 0.3 is 0 Å². The first kappa shape index (κ1) is 28.1. The van der Waals surface area contributed by atoms with Gasteiger partial charge in [0, 0.05) is 22.6 Å². The summed E-state index contributed by atoms with van der Waals surface area (Å²) in [5.74, 6) is -0.728. The zero-order chi connectivity index (χ0) is 25.3. The van der Waals surface area contributed by atoms with E-state index in [1.54, 1.807) is 48.5 Å². The van der Waals surface area contributed by atoms with Crippen LogP contribution in [0, 0.1) is 0 Å². The summed E-state index contributed by atoms with van der Waals surface area (Å²) in [6, 6.07) is 12.9. The van der Waals surface area contributed by atoms with Crippen molar-refractivity contribution < 1.29 is 18.0 Å². The summed E-state index contributed by atoms with van der Waals surface area (Å²) in [5.41, 5.74) is 1.15.